The van der Waals surface area contributed by atoms with Gasteiger partial charge in [-0.2, -0.15) is 0 Å². The Kier molecular flexibility index (Phi) is 57.6. The van der Waals surface area contributed by atoms with Crippen LogP contribution in [0.1, 0.15) is 361 Å². The molecule has 0 spiro atoms. The lowest BCUT2D eigenvalue weighted by Crippen LogP contribution is -2.61. The van der Waals surface area contributed by atoms with E-state index in [0.29, 0.717) is 19.3 Å². The van der Waals surface area contributed by atoms with Gasteiger partial charge < -0.3 is 45.1 Å². The highest BCUT2D eigenvalue weighted by Gasteiger charge is 2.47. The molecule has 1 heterocycles. The van der Waals surface area contributed by atoms with E-state index < -0.39 is 67.4 Å². The van der Waals surface area contributed by atoms with Crippen LogP contribution in [-0.2, 0) is 23.8 Å². The standard InChI is InChI=1S/C72H137NO10/c1-4-7-10-13-16-19-22-25-27-28-29-30-31-32-33-34-35-36-37-38-39-42-45-48-51-54-57-60-67(77)83-70-69(79)68(78)66(61-74)82-72(70)81-62-63(64(75)58-55-52-49-46-43-40-24-21-18-15-12-9-6-3)73-71(80)65(76)59-56-53-50-47-44-41-26-23-20-17-14-11-8-5-2/h25,27,55,58,63-66,68-70,72,74-76,78-79H,4-24,26,28-54,56-57,59-62H2,1-3H3,(H,73,80)/b27-25+,58-55+. The molecule has 8 atom stereocenters. The van der Waals surface area contributed by atoms with Crippen LogP contribution in [0.25, 0.3) is 0 Å². The SMILES string of the molecule is CCCCCCCC/C=C/CCCCCCCCCCCCCCCCCCCC(=O)OC1C(OCC(NC(=O)C(O)CCCCCCCCCCCCCCCC)C(O)/C=C/CCCCCCCCCCCCC)OC(CO)C(O)C1O. The van der Waals surface area contributed by atoms with Gasteiger partial charge in [0, 0.05) is 6.42 Å². The minimum absolute atomic E-state index is 0.130. The normalized spacial score (nSPS) is 18.6. The second kappa shape index (κ2) is 60.4. The largest absolute Gasteiger partial charge is 0.454 e. The Morgan fingerprint density at radius 1 is 0.458 bits per heavy atom. The number of aliphatic hydroxyl groups is 5. The number of ether oxygens (including phenoxy) is 3. The van der Waals surface area contributed by atoms with Crippen molar-refractivity contribution < 1.29 is 49.3 Å². The highest BCUT2D eigenvalue weighted by molar-refractivity contribution is 5.80. The molecule has 0 bridgehead atoms. The molecular weight excluding hydrogens is 1040 g/mol. The van der Waals surface area contributed by atoms with Gasteiger partial charge in [0.2, 0.25) is 5.91 Å². The quantitative estimate of drug-likeness (QED) is 0.0195. The molecule has 1 rings (SSSR count). The van der Waals surface area contributed by atoms with Crippen LogP contribution < -0.4 is 5.32 Å². The van der Waals surface area contributed by atoms with Crippen LogP contribution in [0.3, 0.4) is 0 Å². The number of unbranched alkanes of at least 4 members (excludes halogenated alkanes) is 47. The summed E-state index contributed by atoms with van der Waals surface area (Å²) < 4.78 is 17.7. The zero-order valence-electron chi connectivity index (χ0n) is 54.6. The van der Waals surface area contributed by atoms with Crippen LogP contribution in [0, 0.1) is 0 Å². The molecule has 83 heavy (non-hydrogen) atoms. The lowest BCUT2D eigenvalue weighted by molar-refractivity contribution is -0.305. The molecule has 6 N–H and O–H groups in total. The van der Waals surface area contributed by atoms with Gasteiger partial charge in [0.05, 0.1) is 25.4 Å². The number of hydrogen-bond donors (Lipinski definition) is 6. The minimum Gasteiger partial charge on any atom is -0.454 e. The van der Waals surface area contributed by atoms with Crippen molar-refractivity contribution in [1.82, 2.24) is 5.32 Å². The Morgan fingerprint density at radius 3 is 1.17 bits per heavy atom. The van der Waals surface area contributed by atoms with Crippen LogP contribution >= 0.6 is 0 Å². The van der Waals surface area contributed by atoms with Crippen molar-refractivity contribution in [3.8, 4) is 0 Å². The molecule has 1 aliphatic rings. The zero-order chi connectivity index (χ0) is 60.3. The number of hydrogen-bond acceptors (Lipinski definition) is 10. The van der Waals surface area contributed by atoms with Gasteiger partial charge in [-0.3, -0.25) is 9.59 Å². The van der Waals surface area contributed by atoms with Gasteiger partial charge >= 0.3 is 5.97 Å². The monoisotopic (exact) mass is 1180 g/mol. The number of allylic oxidation sites excluding steroid dienone is 3. The van der Waals surface area contributed by atoms with Crippen LogP contribution in [0.4, 0.5) is 0 Å². The Labute approximate surface area is 511 Å². The molecule has 490 valence electrons. The molecule has 8 unspecified atom stereocenters. The fourth-order valence-electron chi connectivity index (χ4n) is 11.7. The van der Waals surface area contributed by atoms with E-state index in [-0.39, 0.29) is 13.0 Å². The first-order valence-corrected chi connectivity index (χ1v) is 36.1. The fraction of sp³-hybridized carbons (Fsp3) is 0.917. The lowest BCUT2D eigenvalue weighted by atomic mass is 9.99. The van der Waals surface area contributed by atoms with Gasteiger partial charge in [-0.25, -0.2) is 0 Å². The smallest absolute Gasteiger partial charge is 0.306 e. The van der Waals surface area contributed by atoms with Crippen molar-refractivity contribution in [1.29, 1.82) is 0 Å². The topological polar surface area (TPSA) is 175 Å². The van der Waals surface area contributed by atoms with E-state index in [9.17, 15) is 35.1 Å². The summed E-state index contributed by atoms with van der Waals surface area (Å²) in [6, 6.07) is -1.02. The molecule has 1 saturated heterocycles. The molecule has 11 heteroatoms. The third-order valence-electron chi connectivity index (χ3n) is 17.4. The van der Waals surface area contributed by atoms with E-state index in [1.165, 1.54) is 257 Å². The maximum atomic E-state index is 13.4. The molecule has 0 aliphatic carbocycles. The molecular formula is C72H137NO10. The van der Waals surface area contributed by atoms with E-state index in [4.69, 9.17) is 14.2 Å². The van der Waals surface area contributed by atoms with Crippen molar-refractivity contribution >= 4 is 11.9 Å². The van der Waals surface area contributed by atoms with Crippen molar-refractivity contribution in [2.24, 2.45) is 0 Å². The number of carbonyl (C=O) groups excluding carboxylic acids is 2. The van der Waals surface area contributed by atoms with Crippen molar-refractivity contribution in [2.75, 3.05) is 13.2 Å². The van der Waals surface area contributed by atoms with E-state index in [1.807, 2.05) is 6.08 Å². The second-order valence-corrected chi connectivity index (χ2v) is 25.3. The first-order valence-electron chi connectivity index (χ1n) is 36.1. The van der Waals surface area contributed by atoms with Gasteiger partial charge in [0.1, 0.15) is 24.4 Å². The first kappa shape index (κ1) is 79.2. The average Bonchev–Trinajstić information content (AvgIpc) is 3.61. The Hall–Kier alpha value is -1.86. The number of amides is 1. The molecule has 0 aromatic carbocycles. The Balaban J connectivity index is 2.52. The Bertz CT molecular complexity index is 1450. The van der Waals surface area contributed by atoms with Gasteiger partial charge in [0.25, 0.3) is 0 Å². The zero-order valence-corrected chi connectivity index (χ0v) is 54.6. The van der Waals surface area contributed by atoms with E-state index in [2.05, 4.69) is 38.2 Å². The van der Waals surface area contributed by atoms with Gasteiger partial charge in [-0.1, -0.05) is 328 Å². The lowest BCUT2D eigenvalue weighted by Gasteiger charge is -2.41. The number of esters is 1. The highest BCUT2D eigenvalue weighted by Crippen LogP contribution is 2.26. The molecule has 0 saturated carbocycles. The molecule has 1 fully saturated rings. The maximum absolute atomic E-state index is 13.4. The van der Waals surface area contributed by atoms with Crippen molar-refractivity contribution in [2.45, 2.75) is 410 Å². The molecule has 1 aliphatic heterocycles. The third kappa shape index (κ3) is 47.8. The van der Waals surface area contributed by atoms with E-state index in [1.54, 1.807) is 6.08 Å². The summed E-state index contributed by atoms with van der Waals surface area (Å²) in [6.07, 6.45) is 62.3. The van der Waals surface area contributed by atoms with Crippen LogP contribution in [0.5, 0.6) is 0 Å². The number of carbonyl (C=O) groups is 2. The van der Waals surface area contributed by atoms with Crippen molar-refractivity contribution in [3.63, 3.8) is 0 Å². The predicted octanol–water partition coefficient (Wildman–Crippen LogP) is 18.4. The first-order chi connectivity index (χ1) is 40.7. The van der Waals surface area contributed by atoms with Crippen LogP contribution in [0.15, 0.2) is 24.3 Å². The van der Waals surface area contributed by atoms with Gasteiger partial charge in [-0.15, -0.1) is 0 Å². The molecule has 0 aromatic rings. The Morgan fingerprint density at radius 2 is 0.795 bits per heavy atom. The summed E-state index contributed by atoms with van der Waals surface area (Å²) in [5.74, 6) is -1.17. The summed E-state index contributed by atoms with van der Waals surface area (Å²) in [5.41, 5.74) is 0. The summed E-state index contributed by atoms with van der Waals surface area (Å²) >= 11 is 0. The molecule has 0 radical (unpaired) electrons. The fourth-order valence-corrected chi connectivity index (χ4v) is 11.7. The van der Waals surface area contributed by atoms with E-state index >= 15 is 0 Å². The number of nitrogens with one attached hydrogen (secondary N) is 1. The number of aliphatic hydroxyl groups excluding tert-OH is 5. The van der Waals surface area contributed by atoms with Gasteiger partial charge in [-0.05, 0) is 51.4 Å². The molecule has 11 nitrogen and oxygen atoms in total. The van der Waals surface area contributed by atoms with E-state index in [0.717, 1.165) is 57.8 Å². The minimum atomic E-state index is -1.61. The third-order valence-corrected chi connectivity index (χ3v) is 17.4. The highest BCUT2D eigenvalue weighted by atomic mass is 16.7. The van der Waals surface area contributed by atoms with Gasteiger partial charge in [0.15, 0.2) is 12.4 Å². The van der Waals surface area contributed by atoms with Crippen LogP contribution in [0.2, 0.25) is 0 Å². The predicted molar refractivity (Wildman–Crippen MR) is 348 cm³/mol. The molecule has 1 amide bonds. The summed E-state index contributed by atoms with van der Waals surface area (Å²) in [5, 5.41) is 57.2. The summed E-state index contributed by atoms with van der Waals surface area (Å²) in [4.78, 5) is 26.7. The van der Waals surface area contributed by atoms with Crippen LogP contribution in [-0.4, -0.2) is 99.6 Å². The van der Waals surface area contributed by atoms with Crippen molar-refractivity contribution in [3.05, 3.63) is 24.3 Å². The maximum Gasteiger partial charge on any atom is 0.306 e. The number of rotatable bonds is 63. The summed E-state index contributed by atoms with van der Waals surface area (Å²) in [7, 11) is 0. The summed E-state index contributed by atoms with van der Waals surface area (Å²) in [6.45, 7) is 5.84. The second-order valence-electron chi connectivity index (χ2n) is 25.3. The molecule has 0 aromatic heterocycles. The average molecular weight is 1180 g/mol.